The number of carbonyl (C=O) groups is 1. The Bertz CT molecular complexity index is 897. The van der Waals surface area contributed by atoms with Crippen LogP contribution in [0.25, 0.3) is 0 Å². The Morgan fingerprint density at radius 1 is 0.872 bits per heavy atom. The molecule has 7 nitrogen and oxygen atoms in total. The van der Waals surface area contributed by atoms with Gasteiger partial charge in [0.1, 0.15) is 11.6 Å². The minimum Gasteiger partial charge on any atom is -0.393 e. The molecule has 2 N–H and O–H groups in total. The SMILES string of the molecule is CC(C)(C)c1cc(N2CCN(CCC3CCC(NC(=O)CC4CCC(O)CC4)CC3)CC2)nc(C(C)(C)C)n1. The highest BCUT2D eigenvalue weighted by Gasteiger charge is 2.28. The lowest BCUT2D eigenvalue weighted by atomic mass is 9.83. The summed E-state index contributed by atoms with van der Waals surface area (Å²) in [5.41, 5.74) is 1.06. The quantitative estimate of drug-likeness (QED) is 0.494. The second kappa shape index (κ2) is 12.8. The Balaban J connectivity index is 1.17. The molecule has 4 rings (SSSR count). The summed E-state index contributed by atoms with van der Waals surface area (Å²) in [4.78, 5) is 27.6. The van der Waals surface area contributed by atoms with Gasteiger partial charge in [-0.3, -0.25) is 9.69 Å². The van der Waals surface area contributed by atoms with Crippen LogP contribution in [0.4, 0.5) is 5.82 Å². The zero-order chi connectivity index (χ0) is 28.2. The summed E-state index contributed by atoms with van der Waals surface area (Å²) in [6, 6.07) is 2.57. The van der Waals surface area contributed by atoms with E-state index in [1.165, 1.54) is 25.8 Å². The van der Waals surface area contributed by atoms with E-state index in [9.17, 15) is 9.90 Å². The third kappa shape index (κ3) is 8.88. The molecule has 2 heterocycles. The van der Waals surface area contributed by atoms with Gasteiger partial charge >= 0.3 is 0 Å². The molecular weight excluding hydrogens is 486 g/mol. The highest BCUT2D eigenvalue weighted by Crippen LogP contribution is 2.31. The molecule has 0 aromatic carbocycles. The molecule has 220 valence electrons. The Kier molecular flexibility index (Phi) is 9.96. The zero-order valence-electron chi connectivity index (χ0n) is 25.6. The predicted octanol–water partition coefficient (Wildman–Crippen LogP) is 5.20. The summed E-state index contributed by atoms with van der Waals surface area (Å²) >= 11 is 0. The van der Waals surface area contributed by atoms with Gasteiger partial charge in [0.2, 0.25) is 5.91 Å². The van der Waals surface area contributed by atoms with E-state index < -0.39 is 0 Å². The number of piperazine rings is 1. The maximum atomic E-state index is 12.5. The van der Waals surface area contributed by atoms with E-state index in [-0.39, 0.29) is 22.8 Å². The number of aromatic nitrogens is 2. The first kappa shape index (κ1) is 30.2. The molecule has 1 aromatic heterocycles. The van der Waals surface area contributed by atoms with E-state index in [0.29, 0.717) is 18.4 Å². The molecule has 2 aliphatic carbocycles. The van der Waals surface area contributed by atoms with Gasteiger partial charge in [0, 0.05) is 55.5 Å². The van der Waals surface area contributed by atoms with E-state index in [2.05, 4.69) is 62.7 Å². The third-order valence-corrected chi connectivity index (χ3v) is 9.20. The van der Waals surface area contributed by atoms with Crippen LogP contribution < -0.4 is 10.2 Å². The van der Waals surface area contributed by atoms with Crippen molar-refractivity contribution in [1.29, 1.82) is 0 Å². The molecule has 39 heavy (non-hydrogen) atoms. The van der Waals surface area contributed by atoms with E-state index in [4.69, 9.17) is 9.97 Å². The van der Waals surface area contributed by atoms with Crippen LogP contribution in [0.3, 0.4) is 0 Å². The van der Waals surface area contributed by atoms with Crippen molar-refractivity contribution in [1.82, 2.24) is 20.2 Å². The molecule has 1 aromatic rings. The Hall–Kier alpha value is -1.73. The summed E-state index contributed by atoms with van der Waals surface area (Å²) in [5, 5.41) is 13.0. The van der Waals surface area contributed by atoms with Crippen LogP contribution in [0.5, 0.6) is 0 Å². The predicted molar refractivity (Wildman–Crippen MR) is 159 cm³/mol. The maximum absolute atomic E-state index is 12.5. The van der Waals surface area contributed by atoms with Crippen molar-refractivity contribution in [2.45, 2.75) is 129 Å². The summed E-state index contributed by atoms with van der Waals surface area (Å²) in [6.45, 7) is 18.7. The van der Waals surface area contributed by atoms with Crippen molar-refractivity contribution >= 4 is 11.7 Å². The molecule has 3 aliphatic rings. The second-order valence-corrected chi connectivity index (χ2v) is 14.7. The van der Waals surface area contributed by atoms with Crippen molar-refractivity contribution in [3.8, 4) is 0 Å². The number of rotatable bonds is 7. The molecule has 7 heteroatoms. The van der Waals surface area contributed by atoms with Crippen molar-refractivity contribution in [3.63, 3.8) is 0 Å². The third-order valence-electron chi connectivity index (χ3n) is 9.20. The second-order valence-electron chi connectivity index (χ2n) is 14.7. The number of anilines is 1. The summed E-state index contributed by atoms with van der Waals surface area (Å²) < 4.78 is 0. The van der Waals surface area contributed by atoms with E-state index in [1.54, 1.807) is 0 Å². The van der Waals surface area contributed by atoms with Gasteiger partial charge in [-0.25, -0.2) is 9.97 Å². The molecule has 0 spiro atoms. The van der Waals surface area contributed by atoms with Gasteiger partial charge in [-0.2, -0.15) is 0 Å². The van der Waals surface area contributed by atoms with Crippen molar-refractivity contribution in [2.24, 2.45) is 11.8 Å². The molecule has 1 saturated heterocycles. The Morgan fingerprint density at radius 2 is 1.49 bits per heavy atom. The molecule has 1 amide bonds. The number of hydrogen-bond acceptors (Lipinski definition) is 6. The zero-order valence-corrected chi connectivity index (χ0v) is 25.6. The molecule has 0 radical (unpaired) electrons. The van der Waals surface area contributed by atoms with Crippen LogP contribution in [-0.2, 0) is 15.6 Å². The number of carbonyl (C=O) groups excluding carboxylic acids is 1. The highest BCUT2D eigenvalue weighted by atomic mass is 16.3. The van der Waals surface area contributed by atoms with E-state index in [0.717, 1.165) is 88.0 Å². The average molecular weight is 542 g/mol. The fourth-order valence-corrected chi connectivity index (χ4v) is 6.37. The minimum atomic E-state index is -0.148. The Morgan fingerprint density at radius 3 is 2.08 bits per heavy atom. The van der Waals surface area contributed by atoms with Crippen molar-refractivity contribution in [2.75, 3.05) is 37.6 Å². The Labute approximate surface area is 237 Å². The standard InChI is InChI=1S/C32H55N5O2/c1-31(2,3)27-22-28(35-30(34-27)32(4,5)6)37-19-17-36(18-20-37)16-15-23-7-11-25(12-8-23)33-29(39)21-24-9-13-26(38)14-10-24/h22-26,38H,7-21H2,1-6H3,(H,33,39). The highest BCUT2D eigenvalue weighted by molar-refractivity contribution is 5.76. The summed E-state index contributed by atoms with van der Waals surface area (Å²) in [7, 11) is 0. The van der Waals surface area contributed by atoms with Gasteiger partial charge in [-0.1, -0.05) is 41.5 Å². The number of aliphatic hydroxyl groups is 1. The number of hydrogen-bond donors (Lipinski definition) is 2. The normalized spacial score (nSPS) is 27.4. The van der Waals surface area contributed by atoms with E-state index in [1.807, 2.05) is 0 Å². The largest absolute Gasteiger partial charge is 0.393 e. The van der Waals surface area contributed by atoms with Gasteiger partial charge in [0.05, 0.1) is 11.8 Å². The van der Waals surface area contributed by atoms with Crippen LogP contribution in [-0.4, -0.2) is 70.8 Å². The first-order valence-electron chi connectivity index (χ1n) is 15.7. The smallest absolute Gasteiger partial charge is 0.220 e. The van der Waals surface area contributed by atoms with Gasteiger partial charge in [-0.15, -0.1) is 0 Å². The topological polar surface area (TPSA) is 81.6 Å². The van der Waals surface area contributed by atoms with Gasteiger partial charge < -0.3 is 15.3 Å². The molecular formula is C32H55N5O2. The lowest BCUT2D eigenvalue weighted by Gasteiger charge is -2.37. The van der Waals surface area contributed by atoms with Crippen molar-refractivity contribution in [3.05, 3.63) is 17.6 Å². The van der Waals surface area contributed by atoms with Crippen LogP contribution in [0, 0.1) is 11.8 Å². The first-order valence-corrected chi connectivity index (χ1v) is 15.7. The minimum absolute atomic E-state index is 0.00119. The molecule has 2 saturated carbocycles. The lowest BCUT2D eigenvalue weighted by Crippen LogP contribution is -2.47. The number of nitrogens with one attached hydrogen (secondary N) is 1. The van der Waals surface area contributed by atoms with Gasteiger partial charge in [0.15, 0.2) is 0 Å². The number of aliphatic hydroxyl groups excluding tert-OH is 1. The number of amides is 1. The maximum Gasteiger partial charge on any atom is 0.220 e. The van der Waals surface area contributed by atoms with Crippen LogP contribution in [0.15, 0.2) is 6.07 Å². The molecule has 0 atom stereocenters. The summed E-state index contributed by atoms with van der Waals surface area (Å²) in [5.74, 6) is 3.49. The molecule has 1 aliphatic heterocycles. The van der Waals surface area contributed by atoms with Crippen molar-refractivity contribution < 1.29 is 9.90 Å². The fraction of sp³-hybridized carbons (Fsp3) is 0.844. The first-order chi connectivity index (χ1) is 18.4. The van der Waals surface area contributed by atoms with Gasteiger partial charge in [0.25, 0.3) is 0 Å². The number of nitrogens with zero attached hydrogens (tertiary/aromatic N) is 4. The lowest BCUT2D eigenvalue weighted by molar-refractivity contribution is -0.123. The molecule has 0 bridgehead atoms. The van der Waals surface area contributed by atoms with Crippen LogP contribution in [0.1, 0.15) is 117 Å². The average Bonchev–Trinajstić information content (AvgIpc) is 2.88. The monoisotopic (exact) mass is 541 g/mol. The van der Waals surface area contributed by atoms with Crippen LogP contribution >= 0.6 is 0 Å². The van der Waals surface area contributed by atoms with Gasteiger partial charge in [-0.05, 0) is 76.2 Å². The molecule has 3 fully saturated rings. The summed E-state index contributed by atoms with van der Waals surface area (Å²) in [6.07, 6.45) is 10.1. The van der Waals surface area contributed by atoms with Crippen LogP contribution in [0.2, 0.25) is 0 Å². The molecule has 0 unspecified atom stereocenters. The van der Waals surface area contributed by atoms with E-state index >= 15 is 0 Å². The fourth-order valence-electron chi connectivity index (χ4n) is 6.37.